The zero-order valence-electron chi connectivity index (χ0n) is 9.49. The van der Waals surface area contributed by atoms with Crippen molar-refractivity contribution in [1.82, 2.24) is 9.88 Å². The topological polar surface area (TPSA) is 77.1 Å². The Labute approximate surface area is 108 Å². The molecule has 0 spiro atoms. The van der Waals surface area contributed by atoms with Crippen molar-refractivity contribution in [3.63, 3.8) is 0 Å². The van der Waals surface area contributed by atoms with Crippen LogP contribution in [0.4, 0.5) is 0 Å². The van der Waals surface area contributed by atoms with E-state index >= 15 is 0 Å². The fraction of sp³-hybridized carbons (Fsp3) is 0.455. The minimum atomic E-state index is -0.190. The van der Waals surface area contributed by atoms with E-state index in [0.717, 1.165) is 17.3 Å². The van der Waals surface area contributed by atoms with E-state index in [9.17, 15) is 9.59 Å². The lowest BCUT2D eigenvalue weighted by molar-refractivity contribution is -0.121. The highest BCUT2D eigenvalue weighted by Crippen LogP contribution is 2.04. The first-order valence-electron chi connectivity index (χ1n) is 5.46. The van der Waals surface area contributed by atoms with Gasteiger partial charge in [-0.15, -0.1) is 0 Å². The Balaban J connectivity index is 2.45. The molecule has 94 valence electrons. The standard InChI is InChI=1S/C11H16BrN3O2/c12-9-3-4-11(17)15(7-9)8-10(16)14-6-2-1-5-13/h3-4,7H,1-2,5-6,8,13H2,(H,14,16). The largest absolute Gasteiger partial charge is 0.355 e. The van der Waals surface area contributed by atoms with Gasteiger partial charge in [-0.2, -0.15) is 0 Å². The normalized spacial score (nSPS) is 10.2. The van der Waals surface area contributed by atoms with Crippen LogP contribution in [0.2, 0.25) is 0 Å². The summed E-state index contributed by atoms with van der Waals surface area (Å²) >= 11 is 3.25. The molecule has 1 heterocycles. The number of nitrogens with zero attached hydrogens (tertiary/aromatic N) is 1. The van der Waals surface area contributed by atoms with Crippen molar-refractivity contribution < 1.29 is 4.79 Å². The van der Waals surface area contributed by atoms with Gasteiger partial charge in [0.2, 0.25) is 5.91 Å². The molecule has 0 atom stereocenters. The van der Waals surface area contributed by atoms with E-state index < -0.39 is 0 Å². The van der Waals surface area contributed by atoms with Crippen molar-refractivity contribution >= 4 is 21.8 Å². The molecule has 17 heavy (non-hydrogen) atoms. The van der Waals surface area contributed by atoms with Crippen LogP contribution in [-0.2, 0) is 11.3 Å². The third kappa shape index (κ3) is 5.14. The van der Waals surface area contributed by atoms with Gasteiger partial charge in [0, 0.05) is 23.3 Å². The summed E-state index contributed by atoms with van der Waals surface area (Å²) in [5, 5.41) is 2.74. The molecule has 1 amide bonds. The van der Waals surface area contributed by atoms with Crippen molar-refractivity contribution in [1.29, 1.82) is 0 Å². The van der Waals surface area contributed by atoms with Gasteiger partial charge in [-0.25, -0.2) is 0 Å². The number of nitrogens with two attached hydrogens (primary N) is 1. The summed E-state index contributed by atoms with van der Waals surface area (Å²) in [7, 11) is 0. The number of carbonyl (C=O) groups excluding carboxylic acids is 1. The summed E-state index contributed by atoms with van der Waals surface area (Å²) in [4.78, 5) is 23.0. The smallest absolute Gasteiger partial charge is 0.251 e. The minimum absolute atomic E-state index is 0.0426. The summed E-state index contributed by atoms with van der Waals surface area (Å²) in [5.74, 6) is -0.165. The third-order valence-electron chi connectivity index (χ3n) is 2.21. The van der Waals surface area contributed by atoms with Gasteiger partial charge in [0.25, 0.3) is 5.56 Å². The molecule has 0 saturated heterocycles. The van der Waals surface area contributed by atoms with Crippen LogP contribution < -0.4 is 16.6 Å². The molecule has 0 saturated carbocycles. The van der Waals surface area contributed by atoms with Crippen LogP contribution in [0.5, 0.6) is 0 Å². The molecule has 0 unspecified atom stereocenters. The Morgan fingerprint density at radius 1 is 1.41 bits per heavy atom. The number of unbranched alkanes of at least 4 members (excludes halogenated alkanes) is 1. The van der Waals surface area contributed by atoms with E-state index in [-0.39, 0.29) is 18.0 Å². The first kappa shape index (κ1) is 13.9. The van der Waals surface area contributed by atoms with Crippen LogP contribution in [0.1, 0.15) is 12.8 Å². The number of amides is 1. The van der Waals surface area contributed by atoms with Crippen LogP contribution in [-0.4, -0.2) is 23.6 Å². The highest BCUT2D eigenvalue weighted by atomic mass is 79.9. The summed E-state index contributed by atoms with van der Waals surface area (Å²) in [5.41, 5.74) is 5.15. The Kier molecular flexibility index (Phi) is 5.93. The van der Waals surface area contributed by atoms with E-state index in [4.69, 9.17) is 5.73 Å². The van der Waals surface area contributed by atoms with Crippen molar-refractivity contribution in [2.24, 2.45) is 5.73 Å². The molecular weight excluding hydrogens is 286 g/mol. The molecular formula is C11H16BrN3O2. The van der Waals surface area contributed by atoms with Crippen molar-refractivity contribution in [3.05, 3.63) is 33.2 Å². The number of nitrogens with one attached hydrogen (secondary N) is 1. The van der Waals surface area contributed by atoms with Crippen molar-refractivity contribution in [2.45, 2.75) is 19.4 Å². The number of halogens is 1. The van der Waals surface area contributed by atoms with Crippen LogP contribution in [0.15, 0.2) is 27.6 Å². The van der Waals surface area contributed by atoms with E-state index in [1.807, 2.05) is 0 Å². The number of hydrogen-bond acceptors (Lipinski definition) is 3. The lowest BCUT2D eigenvalue weighted by atomic mass is 10.3. The van der Waals surface area contributed by atoms with Gasteiger partial charge in [0.15, 0.2) is 0 Å². The van der Waals surface area contributed by atoms with Crippen molar-refractivity contribution in [3.8, 4) is 0 Å². The van der Waals surface area contributed by atoms with Gasteiger partial charge in [-0.3, -0.25) is 9.59 Å². The van der Waals surface area contributed by atoms with Gasteiger partial charge in [0.1, 0.15) is 6.54 Å². The van der Waals surface area contributed by atoms with E-state index in [1.54, 1.807) is 12.3 Å². The number of rotatable bonds is 6. The van der Waals surface area contributed by atoms with Crippen LogP contribution in [0.3, 0.4) is 0 Å². The van der Waals surface area contributed by atoms with Crippen molar-refractivity contribution in [2.75, 3.05) is 13.1 Å². The Morgan fingerprint density at radius 3 is 2.88 bits per heavy atom. The van der Waals surface area contributed by atoms with E-state index in [2.05, 4.69) is 21.2 Å². The highest BCUT2D eigenvalue weighted by molar-refractivity contribution is 9.10. The predicted octanol–water partition coefficient (Wildman–Crippen LogP) is 0.466. The highest BCUT2D eigenvalue weighted by Gasteiger charge is 2.03. The van der Waals surface area contributed by atoms with Crippen LogP contribution >= 0.6 is 15.9 Å². The number of hydrogen-bond donors (Lipinski definition) is 2. The lowest BCUT2D eigenvalue weighted by Gasteiger charge is -2.07. The average molecular weight is 302 g/mol. The molecule has 5 nitrogen and oxygen atoms in total. The minimum Gasteiger partial charge on any atom is -0.355 e. The van der Waals surface area contributed by atoms with Gasteiger partial charge in [-0.1, -0.05) is 0 Å². The van der Waals surface area contributed by atoms with Gasteiger partial charge >= 0.3 is 0 Å². The monoisotopic (exact) mass is 301 g/mol. The number of pyridine rings is 1. The molecule has 0 aliphatic heterocycles. The molecule has 1 aromatic heterocycles. The van der Waals surface area contributed by atoms with Crippen LogP contribution in [0.25, 0.3) is 0 Å². The molecule has 0 aliphatic carbocycles. The summed E-state index contributed by atoms with van der Waals surface area (Å²) in [6.07, 6.45) is 3.34. The zero-order chi connectivity index (χ0) is 12.7. The maximum atomic E-state index is 11.5. The quantitative estimate of drug-likeness (QED) is 0.750. The molecule has 0 fully saturated rings. The molecule has 0 bridgehead atoms. The van der Waals surface area contributed by atoms with Gasteiger partial charge in [-0.05, 0) is 41.4 Å². The zero-order valence-corrected chi connectivity index (χ0v) is 11.1. The lowest BCUT2D eigenvalue weighted by Crippen LogP contribution is -2.32. The molecule has 0 aromatic carbocycles. The molecule has 0 radical (unpaired) electrons. The average Bonchev–Trinajstić information content (AvgIpc) is 2.29. The van der Waals surface area contributed by atoms with Gasteiger partial charge in [0.05, 0.1) is 0 Å². The molecule has 0 aliphatic rings. The second kappa shape index (κ2) is 7.24. The second-order valence-corrected chi connectivity index (χ2v) is 4.57. The second-order valence-electron chi connectivity index (χ2n) is 3.66. The molecule has 1 aromatic rings. The molecule has 1 rings (SSSR count). The summed E-state index contributed by atoms with van der Waals surface area (Å²) in [6, 6.07) is 3.07. The predicted molar refractivity (Wildman–Crippen MR) is 69.7 cm³/mol. The maximum absolute atomic E-state index is 11.5. The van der Waals surface area contributed by atoms with E-state index in [1.165, 1.54) is 10.6 Å². The summed E-state index contributed by atoms with van der Waals surface area (Å²) in [6.45, 7) is 1.26. The molecule has 3 N–H and O–H groups in total. The SMILES string of the molecule is NCCCCNC(=O)Cn1cc(Br)ccc1=O. The summed E-state index contributed by atoms with van der Waals surface area (Å²) < 4.78 is 2.13. The van der Waals surface area contributed by atoms with Crippen LogP contribution in [0, 0.1) is 0 Å². The van der Waals surface area contributed by atoms with Gasteiger partial charge < -0.3 is 15.6 Å². The number of aromatic nitrogens is 1. The Bertz CT molecular complexity index is 431. The Hall–Kier alpha value is -1.14. The first-order valence-corrected chi connectivity index (χ1v) is 6.25. The molecule has 6 heteroatoms. The fourth-order valence-corrected chi connectivity index (χ4v) is 1.71. The van der Waals surface area contributed by atoms with E-state index in [0.29, 0.717) is 13.1 Å². The maximum Gasteiger partial charge on any atom is 0.251 e. The number of carbonyl (C=O) groups is 1. The third-order valence-corrected chi connectivity index (χ3v) is 2.68. The first-order chi connectivity index (χ1) is 8.13. The fourth-order valence-electron chi connectivity index (χ4n) is 1.33. The Morgan fingerprint density at radius 2 is 2.18 bits per heavy atom.